The summed E-state index contributed by atoms with van der Waals surface area (Å²) in [5, 5.41) is 22.8. The Morgan fingerprint density at radius 3 is 2.76 bits per heavy atom. The molecule has 17 heavy (non-hydrogen) atoms. The maximum absolute atomic E-state index is 10.9. The zero-order valence-corrected chi connectivity index (χ0v) is 9.31. The Kier molecular flexibility index (Phi) is 2.88. The van der Waals surface area contributed by atoms with Gasteiger partial charge in [0.05, 0.1) is 10.5 Å². The smallest absolute Gasteiger partial charge is 0.337 e. The third kappa shape index (κ3) is 2.16. The zero-order chi connectivity index (χ0) is 12.4. The molecule has 1 N–H and O–H groups in total. The highest BCUT2D eigenvalue weighted by Gasteiger charge is 2.14. The van der Waals surface area contributed by atoms with E-state index in [0.717, 1.165) is 0 Å². The molecule has 1 aromatic carbocycles. The predicted molar refractivity (Wildman–Crippen MR) is 63.4 cm³/mol. The monoisotopic (exact) mass is 249 g/mol. The maximum Gasteiger partial charge on any atom is 0.337 e. The number of benzene rings is 1. The number of rotatable bonds is 3. The molecule has 0 amide bonds. The Morgan fingerprint density at radius 2 is 2.12 bits per heavy atom. The highest BCUT2D eigenvalue weighted by atomic mass is 32.1. The van der Waals surface area contributed by atoms with Crippen LogP contribution in [0.3, 0.4) is 0 Å². The van der Waals surface area contributed by atoms with E-state index in [-0.39, 0.29) is 11.3 Å². The van der Waals surface area contributed by atoms with Crippen LogP contribution in [0.4, 0.5) is 5.69 Å². The van der Waals surface area contributed by atoms with Crippen molar-refractivity contribution in [1.82, 2.24) is 0 Å². The summed E-state index contributed by atoms with van der Waals surface area (Å²) in [5.74, 6) is -1.03. The molecule has 0 aliphatic rings. The first-order valence-corrected chi connectivity index (χ1v) is 5.58. The second kappa shape index (κ2) is 4.34. The first-order valence-electron chi connectivity index (χ1n) is 4.64. The molecule has 0 spiro atoms. The minimum atomic E-state index is -1.03. The number of carbonyl (C=O) groups is 1. The van der Waals surface area contributed by atoms with Crippen LogP contribution in [-0.4, -0.2) is 16.0 Å². The van der Waals surface area contributed by atoms with Crippen LogP contribution in [0.5, 0.6) is 0 Å². The molecule has 0 saturated heterocycles. The summed E-state index contributed by atoms with van der Waals surface area (Å²) < 4.78 is 0. The fraction of sp³-hybridized carbons (Fsp3) is 0. The lowest BCUT2D eigenvalue weighted by molar-refractivity contribution is -0.384. The van der Waals surface area contributed by atoms with Gasteiger partial charge in [0.2, 0.25) is 0 Å². The second-order valence-electron chi connectivity index (χ2n) is 3.31. The van der Waals surface area contributed by atoms with Crippen LogP contribution in [0.25, 0.3) is 11.1 Å². The number of carboxylic acids is 1. The molecule has 86 valence electrons. The van der Waals surface area contributed by atoms with Crippen molar-refractivity contribution in [3.8, 4) is 11.1 Å². The molecule has 0 bridgehead atoms. The first kappa shape index (κ1) is 11.3. The molecule has 1 heterocycles. The number of nitro benzene ring substituents is 1. The summed E-state index contributed by atoms with van der Waals surface area (Å²) in [5.41, 5.74) is 1.16. The Hall–Kier alpha value is -2.21. The highest BCUT2D eigenvalue weighted by Crippen LogP contribution is 2.29. The van der Waals surface area contributed by atoms with Gasteiger partial charge in [0.1, 0.15) is 0 Å². The second-order valence-corrected chi connectivity index (χ2v) is 4.06. The molecule has 0 atom stereocenters. The molecule has 0 aliphatic carbocycles. The Morgan fingerprint density at radius 1 is 1.35 bits per heavy atom. The molecule has 2 rings (SSSR count). The molecule has 0 unspecified atom stereocenters. The van der Waals surface area contributed by atoms with Crippen molar-refractivity contribution in [2.45, 2.75) is 0 Å². The van der Waals surface area contributed by atoms with Crippen molar-refractivity contribution >= 4 is 23.0 Å². The molecule has 5 nitrogen and oxygen atoms in total. The lowest BCUT2D eigenvalue weighted by Crippen LogP contribution is -1.96. The summed E-state index contributed by atoms with van der Waals surface area (Å²) in [7, 11) is 0. The average Bonchev–Trinajstić information content (AvgIpc) is 2.78. The predicted octanol–water partition coefficient (Wildman–Crippen LogP) is 3.02. The van der Waals surface area contributed by atoms with Gasteiger partial charge in [0.25, 0.3) is 5.69 Å². The van der Waals surface area contributed by atoms with Gasteiger partial charge in [0.15, 0.2) is 0 Å². The normalized spacial score (nSPS) is 10.1. The van der Waals surface area contributed by atoms with E-state index in [1.807, 2.05) is 0 Å². The molecule has 6 heteroatoms. The quantitative estimate of drug-likeness (QED) is 0.669. The van der Waals surface area contributed by atoms with E-state index in [2.05, 4.69) is 0 Å². The van der Waals surface area contributed by atoms with Gasteiger partial charge in [-0.15, -0.1) is 0 Å². The number of hydrogen-bond acceptors (Lipinski definition) is 4. The van der Waals surface area contributed by atoms with Gasteiger partial charge in [-0.05, 0) is 10.9 Å². The van der Waals surface area contributed by atoms with Gasteiger partial charge in [-0.25, -0.2) is 4.79 Å². The van der Waals surface area contributed by atoms with Gasteiger partial charge in [0, 0.05) is 23.1 Å². The number of nitrogens with zero attached hydrogens (tertiary/aromatic N) is 1. The van der Waals surface area contributed by atoms with Gasteiger partial charge < -0.3 is 5.11 Å². The van der Waals surface area contributed by atoms with Crippen LogP contribution in [0.1, 0.15) is 10.4 Å². The fourth-order valence-corrected chi connectivity index (χ4v) is 2.30. The summed E-state index contributed by atoms with van der Waals surface area (Å²) >= 11 is 1.25. The molecule has 1 aromatic heterocycles. The Balaban J connectivity index is 2.53. The van der Waals surface area contributed by atoms with Gasteiger partial charge in [-0.3, -0.25) is 10.1 Å². The van der Waals surface area contributed by atoms with Crippen molar-refractivity contribution in [2.75, 3.05) is 0 Å². The van der Waals surface area contributed by atoms with Crippen molar-refractivity contribution in [3.63, 3.8) is 0 Å². The number of hydrogen-bond donors (Lipinski definition) is 1. The van der Waals surface area contributed by atoms with Crippen LogP contribution in [0.15, 0.2) is 35.0 Å². The van der Waals surface area contributed by atoms with E-state index in [4.69, 9.17) is 5.11 Å². The van der Waals surface area contributed by atoms with E-state index < -0.39 is 10.9 Å². The van der Waals surface area contributed by atoms with Crippen LogP contribution in [0.2, 0.25) is 0 Å². The lowest BCUT2D eigenvalue weighted by atomic mass is 10.0. The zero-order valence-electron chi connectivity index (χ0n) is 8.49. The summed E-state index contributed by atoms with van der Waals surface area (Å²) in [6.07, 6.45) is 0. The van der Waals surface area contributed by atoms with E-state index >= 15 is 0 Å². The van der Waals surface area contributed by atoms with E-state index in [0.29, 0.717) is 11.1 Å². The standard InChI is InChI=1S/C11H7NO4S/c13-11(14)10-6-17-5-9(10)7-2-1-3-8(4-7)12(15)16/h1-6H,(H,13,14). The maximum atomic E-state index is 10.9. The average molecular weight is 249 g/mol. The van der Waals surface area contributed by atoms with Crippen LogP contribution >= 0.6 is 11.3 Å². The third-order valence-corrected chi connectivity index (χ3v) is 3.00. The fourth-order valence-electron chi connectivity index (χ4n) is 1.47. The number of thiophene rings is 1. The molecule has 0 fully saturated rings. The molecule has 0 saturated carbocycles. The molecule has 0 radical (unpaired) electrons. The molecular formula is C11H7NO4S. The van der Waals surface area contributed by atoms with Gasteiger partial charge in [-0.2, -0.15) is 11.3 Å². The SMILES string of the molecule is O=C(O)c1cscc1-c1cccc([N+](=O)[O-])c1. The number of carboxylic acid groups (broad SMARTS) is 1. The van der Waals surface area contributed by atoms with Crippen LogP contribution in [-0.2, 0) is 0 Å². The Labute approximate surface area is 100 Å². The molecule has 2 aromatic rings. The first-order chi connectivity index (χ1) is 8.09. The molecular weight excluding hydrogens is 242 g/mol. The van der Waals surface area contributed by atoms with E-state index in [9.17, 15) is 14.9 Å². The Bertz CT molecular complexity index is 591. The summed E-state index contributed by atoms with van der Waals surface area (Å²) in [6, 6.07) is 5.93. The van der Waals surface area contributed by atoms with Gasteiger partial charge >= 0.3 is 5.97 Å². The molecule has 0 aliphatic heterocycles. The minimum Gasteiger partial charge on any atom is -0.478 e. The minimum absolute atomic E-state index is 0.0509. The topological polar surface area (TPSA) is 80.4 Å². The van der Waals surface area contributed by atoms with Crippen molar-refractivity contribution in [1.29, 1.82) is 0 Å². The summed E-state index contributed by atoms with van der Waals surface area (Å²) in [6.45, 7) is 0. The lowest BCUT2D eigenvalue weighted by Gasteiger charge is -2.00. The van der Waals surface area contributed by atoms with E-state index in [1.54, 1.807) is 11.4 Å². The highest BCUT2D eigenvalue weighted by molar-refractivity contribution is 7.08. The largest absolute Gasteiger partial charge is 0.478 e. The summed E-state index contributed by atoms with van der Waals surface area (Å²) in [4.78, 5) is 21.1. The van der Waals surface area contributed by atoms with Crippen molar-refractivity contribution in [3.05, 3.63) is 50.7 Å². The van der Waals surface area contributed by atoms with Crippen molar-refractivity contribution in [2.24, 2.45) is 0 Å². The number of nitro groups is 1. The third-order valence-electron chi connectivity index (χ3n) is 2.26. The number of non-ortho nitro benzene ring substituents is 1. The van der Waals surface area contributed by atoms with Crippen LogP contribution < -0.4 is 0 Å². The van der Waals surface area contributed by atoms with Crippen molar-refractivity contribution < 1.29 is 14.8 Å². The van der Waals surface area contributed by atoms with E-state index in [1.165, 1.54) is 34.9 Å². The van der Waals surface area contributed by atoms with Gasteiger partial charge in [-0.1, -0.05) is 12.1 Å². The van der Waals surface area contributed by atoms with Crippen LogP contribution in [0, 0.1) is 10.1 Å². The number of aromatic carboxylic acids is 1.